The van der Waals surface area contributed by atoms with E-state index >= 15 is 0 Å². The first-order valence-corrected chi connectivity index (χ1v) is 7.37. The van der Waals surface area contributed by atoms with Crippen LogP contribution in [-0.4, -0.2) is 22.6 Å². The van der Waals surface area contributed by atoms with Gasteiger partial charge in [-0.3, -0.25) is 0 Å². The van der Waals surface area contributed by atoms with Crippen LogP contribution in [0, 0.1) is 5.92 Å². The average molecular weight is 257 g/mol. The van der Waals surface area contributed by atoms with E-state index in [1.807, 2.05) is 0 Å². The molecule has 1 aromatic carbocycles. The largest absolute Gasteiger partial charge is 0.331 e. The molecular weight excluding hydrogens is 234 g/mol. The molecule has 0 spiro atoms. The molecule has 3 nitrogen and oxygen atoms in total. The fraction of sp³-hybridized carbons (Fsp3) is 0.562. The van der Waals surface area contributed by atoms with Crippen LogP contribution in [0.4, 0.5) is 0 Å². The quantitative estimate of drug-likeness (QED) is 0.862. The average Bonchev–Trinajstić information content (AvgIpc) is 3.22. The van der Waals surface area contributed by atoms with E-state index in [0.717, 1.165) is 23.9 Å². The van der Waals surface area contributed by atoms with Crippen molar-refractivity contribution in [1.82, 2.24) is 14.9 Å². The van der Waals surface area contributed by atoms with Crippen molar-refractivity contribution in [2.75, 3.05) is 7.05 Å². The summed E-state index contributed by atoms with van der Waals surface area (Å²) < 4.78 is 2.24. The van der Waals surface area contributed by atoms with Gasteiger partial charge in [-0.05, 0) is 50.8 Å². The number of nitrogens with one attached hydrogen (secondary N) is 1. The molecule has 1 aliphatic carbocycles. The number of hydrogen-bond acceptors (Lipinski definition) is 2. The third-order valence-electron chi connectivity index (χ3n) is 4.36. The van der Waals surface area contributed by atoms with Crippen LogP contribution in [-0.2, 0) is 13.5 Å². The van der Waals surface area contributed by atoms with Crippen molar-refractivity contribution in [3.05, 3.63) is 30.1 Å². The van der Waals surface area contributed by atoms with E-state index in [-0.39, 0.29) is 0 Å². The van der Waals surface area contributed by atoms with Gasteiger partial charge in [-0.15, -0.1) is 0 Å². The molecule has 0 bridgehead atoms. The molecule has 1 aliphatic rings. The Morgan fingerprint density at radius 1 is 1.37 bits per heavy atom. The van der Waals surface area contributed by atoms with Crippen LogP contribution in [0.3, 0.4) is 0 Å². The number of aromatic nitrogens is 2. The summed E-state index contributed by atoms with van der Waals surface area (Å²) >= 11 is 0. The number of rotatable bonds is 6. The zero-order valence-electron chi connectivity index (χ0n) is 11.9. The number of fused-ring (bicyclic) bond motifs is 1. The molecule has 2 aromatic rings. The fourth-order valence-corrected chi connectivity index (χ4v) is 3.01. The van der Waals surface area contributed by atoms with Crippen LogP contribution in [0.1, 0.15) is 31.5 Å². The van der Waals surface area contributed by atoms with Gasteiger partial charge in [0.05, 0.1) is 11.0 Å². The van der Waals surface area contributed by atoms with E-state index in [2.05, 4.69) is 48.2 Å². The van der Waals surface area contributed by atoms with Crippen molar-refractivity contribution in [3.63, 3.8) is 0 Å². The van der Waals surface area contributed by atoms with Crippen LogP contribution < -0.4 is 5.32 Å². The summed E-state index contributed by atoms with van der Waals surface area (Å²) in [5, 5.41) is 3.46. The Kier molecular flexibility index (Phi) is 3.56. The van der Waals surface area contributed by atoms with E-state index in [9.17, 15) is 0 Å². The van der Waals surface area contributed by atoms with E-state index < -0.39 is 0 Å². The summed E-state index contributed by atoms with van der Waals surface area (Å²) in [6.45, 7) is 0. The highest BCUT2D eigenvalue weighted by atomic mass is 15.1. The molecule has 1 atom stereocenters. The third-order valence-corrected chi connectivity index (χ3v) is 4.36. The maximum absolute atomic E-state index is 4.74. The molecule has 3 heteroatoms. The van der Waals surface area contributed by atoms with Crippen LogP contribution in [0.2, 0.25) is 0 Å². The Labute approximate surface area is 115 Å². The van der Waals surface area contributed by atoms with Crippen LogP contribution >= 0.6 is 0 Å². The predicted octanol–water partition coefficient (Wildman–Crippen LogP) is 2.89. The molecule has 1 unspecified atom stereocenters. The lowest BCUT2D eigenvalue weighted by Gasteiger charge is -2.14. The van der Waals surface area contributed by atoms with Gasteiger partial charge in [-0.2, -0.15) is 0 Å². The highest BCUT2D eigenvalue weighted by Crippen LogP contribution is 2.34. The molecule has 1 N–H and O–H groups in total. The summed E-state index contributed by atoms with van der Waals surface area (Å²) in [7, 11) is 4.22. The molecule has 1 heterocycles. The van der Waals surface area contributed by atoms with Gasteiger partial charge in [-0.1, -0.05) is 12.1 Å². The maximum atomic E-state index is 4.74. The second-order valence-electron chi connectivity index (χ2n) is 5.70. The number of imidazole rings is 1. The van der Waals surface area contributed by atoms with Gasteiger partial charge in [0.1, 0.15) is 5.82 Å². The van der Waals surface area contributed by atoms with E-state index in [1.165, 1.54) is 37.0 Å². The molecule has 19 heavy (non-hydrogen) atoms. The first kappa shape index (κ1) is 12.7. The Hall–Kier alpha value is -1.35. The zero-order chi connectivity index (χ0) is 13.2. The highest BCUT2D eigenvalue weighted by Gasteiger charge is 2.29. The van der Waals surface area contributed by atoms with E-state index in [4.69, 9.17) is 4.98 Å². The summed E-state index contributed by atoms with van der Waals surface area (Å²) in [5.41, 5.74) is 2.36. The van der Waals surface area contributed by atoms with Crippen LogP contribution in [0.25, 0.3) is 11.0 Å². The number of para-hydroxylation sites is 2. The van der Waals surface area contributed by atoms with E-state index in [0.29, 0.717) is 0 Å². The van der Waals surface area contributed by atoms with Gasteiger partial charge < -0.3 is 9.88 Å². The topological polar surface area (TPSA) is 29.9 Å². The Morgan fingerprint density at radius 2 is 2.16 bits per heavy atom. The van der Waals surface area contributed by atoms with Gasteiger partial charge in [0, 0.05) is 19.5 Å². The minimum absolute atomic E-state index is 0.717. The number of hydrogen-bond donors (Lipinski definition) is 1. The van der Waals surface area contributed by atoms with Gasteiger partial charge in [0.25, 0.3) is 0 Å². The SMILES string of the molecule is CNC(CCCc1nc2ccccc2n1C)C1CC1. The summed E-state index contributed by atoms with van der Waals surface area (Å²) in [4.78, 5) is 4.74. The zero-order valence-corrected chi connectivity index (χ0v) is 11.9. The molecule has 0 radical (unpaired) electrons. The molecule has 0 amide bonds. The summed E-state index contributed by atoms with van der Waals surface area (Å²) in [6.07, 6.45) is 6.40. The molecule has 1 fully saturated rings. The molecule has 0 aliphatic heterocycles. The maximum Gasteiger partial charge on any atom is 0.109 e. The highest BCUT2D eigenvalue weighted by molar-refractivity contribution is 5.75. The molecule has 1 saturated carbocycles. The Balaban J connectivity index is 1.63. The van der Waals surface area contributed by atoms with Gasteiger partial charge in [0.15, 0.2) is 0 Å². The van der Waals surface area contributed by atoms with Crippen molar-refractivity contribution in [2.45, 2.75) is 38.1 Å². The lowest BCUT2D eigenvalue weighted by molar-refractivity contribution is 0.453. The molecule has 102 valence electrons. The van der Waals surface area contributed by atoms with Gasteiger partial charge in [0.2, 0.25) is 0 Å². The second kappa shape index (κ2) is 5.33. The first-order valence-electron chi connectivity index (χ1n) is 7.37. The van der Waals surface area contributed by atoms with Crippen molar-refractivity contribution < 1.29 is 0 Å². The van der Waals surface area contributed by atoms with Crippen molar-refractivity contribution in [2.24, 2.45) is 13.0 Å². The molecule has 0 saturated heterocycles. The third kappa shape index (κ3) is 2.66. The lowest BCUT2D eigenvalue weighted by atomic mass is 10.1. The smallest absolute Gasteiger partial charge is 0.109 e. The van der Waals surface area contributed by atoms with Crippen molar-refractivity contribution >= 4 is 11.0 Å². The fourth-order valence-electron chi connectivity index (χ4n) is 3.01. The Bertz CT molecular complexity index is 554. The Morgan fingerprint density at radius 3 is 2.84 bits per heavy atom. The normalized spacial score (nSPS) is 16.9. The van der Waals surface area contributed by atoms with Crippen LogP contribution in [0.5, 0.6) is 0 Å². The van der Waals surface area contributed by atoms with Crippen molar-refractivity contribution in [3.8, 4) is 0 Å². The number of benzene rings is 1. The van der Waals surface area contributed by atoms with E-state index in [1.54, 1.807) is 0 Å². The predicted molar refractivity (Wildman–Crippen MR) is 79.2 cm³/mol. The molecular formula is C16H23N3. The number of nitrogens with zero attached hydrogens (tertiary/aromatic N) is 2. The van der Waals surface area contributed by atoms with Gasteiger partial charge >= 0.3 is 0 Å². The molecule has 3 rings (SSSR count). The van der Waals surface area contributed by atoms with Crippen molar-refractivity contribution in [1.29, 1.82) is 0 Å². The summed E-state index contributed by atoms with van der Waals surface area (Å²) in [5.74, 6) is 2.15. The lowest BCUT2D eigenvalue weighted by Crippen LogP contribution is -2.27. The summed E-state index contributed by atoms with van der Waals surface area (Å²) in [6, 6.07) is 9.10. The standard InChI is InChI=1S/C16H23N3/c1-17-13(12-10-11-12)7-5-9-16-18-14-6-3-4-8-15(14)19(16)2/h3-4,6,8,12-13,17H,5,7,9-11H2,1-2H3. The minimum Gasteiger partial charge on any atom is -0.331 e. The number of aryl methyl sites for hydroxylation is 2. The van der Waals surface area contributed by atoms with Crippen LogP contribution in [0.15, 0.2) is 24.3 Å². The second-order valence-corrected chi connectivity index (χ2v) is 5.70. The minimum atomic E-state index is 0.717. The molecule has 1 aromatic heterocycles. The first-order chi connectivity index (χ1) is 9.29. The van der Waals surface area contributed by atoms with Gasteiger partial charge in [-0.25, -0.2) is 4.98 Å². The monoisotopic (exact) mass is 257 g/mol.